The Bertz CT molecular complexity index is 457. The van der Waals surface area contributed by atoms with Crippen LogP contribution in [0.4, 0.5) is 0 Å². The molecular weight excluding hydrogens is 258 g/mol. The van der Waals surface area contributed by atoms with Gasteiger partial charge in [0.25, 0.3) is 0 Å². The molecule has 1 atom stereocenters. The van der Waals surface area contributed by atoms with Crippen LogP contribution in [-0.4, -0.2) is 48.1 Å². The molecule has 116 valence electrons. The van der Waals surface area contributed by atoms with E-state index in [-0.39, 0.29) is 0 Å². The first-order valence-electron chi connectivity index (χ1n) is 8.40. The Hall–Kier alpha value is -0.900. The maximum absolute atomic E-state index is 6.02. The van der Waals surface area contributed by atoms with Crippen molar-refractivity contribution in [1.29, 1.82) is 0 Å². The highest BCUT2D eigenvalue weighted by Crippen LogP contribution is 2.23. The predicted molar refractivity (Wildman–Crippen MR) is 88.4 cm³/mol. The molecule has 2 aliphatic heterocycles. The van der Waals surface area contributed by atoms with E-state index in [0.29, 0.717) is 6.04 Å². The molecule has 0 amide bonds. The third kappa shape index (κ3) is 3.47. The molecule has 2 aliphatic rings. The van der Waals surface area contributed by atoms with Crippen LogP contribution in [0.1, 0.15) is 36.0 Å². The number of likely N-dealkylation sites (tertiary alicyclic amines) is 2. The van der Waals surface area contributed by atoms with E-state index in [2.05, 4.69) is 41.8 Å². The summed E-state index contributed by atoms with van der Waals surface area (Å²) in [4.78, 5) is 5.31. The van der Waals surface area contributed by atoms with Gasteiger partial charge in [-0.05, 0) is 62.9 Å². The number of hydrogen-bond donors (Lipinski definition) is 1. The van der Waals surface area contributed by atoms with Gasteiger partial charge in [-0.1, -0.05) is 18.2 Å². The third-order valence-electron chi connectivity index (χ3n) is 5.36. The molecule has 3 heteroatoms. The minimum absolute atomic E-state index is 0.438. The summed E-state index contributed by atoms with van der Waals surface area (Å²) in [6.07, 6.45) is 3.67. The standard InChI is InChI=1S/C18H29N3/c1-14-4-3-5-15(2)18(14)13-20-9-8-17(12-20)21-10-6-16(19)7-11-21/h3-5,16-17H,6-13,19H2,1-2H3. The van der Waals surface area contributed by atoms with Crippen molar-refractivity contribution < 1.29 is 0 Å². The van der Waals surface area contributed by atoms with Crippen molar-refractivity contribution in [3.05, 3.63) is 34.9 Å². The van der Waals surface area contributed by atoms with E-state index < -0.39 is 0 Å². The average molecular weight is 287 g/mol. The molecule has 0 aliphatic carbocycles. The number of piperidine rings is 1. The van der Waals surface area contributed by atoms with Gasteiger partial charge in [-0.3, -0.25) is 9.80 Å². The summed E-state index contributed by atoms with van der Waals surface area (Å²) in [7, 11) is 0. The number of hydrogen-bond acceptors (Lipinski definition) is 3. The fraction of sp³-hybridized carbons (Fsp3) is 0.667. The van der Waals surface area contributed by atoms with Crippen LogP contribution in [0.15, 0.2) is 18.2 Å². The summed E-state index contributed by atoms with van der Waals surface area (Å²) in [6.45, 7) is 10.4. The molecule has 2 fully saturated rings. The van der Waals surface area contributed by atoms with Gasteiger partial charge in [0, 0.05) is 31.7 Å². The van der Waals surface area contributed by atoms with Crippen LogP contribution in [0, 0.1) is 13.8 Å². The largest absolute Gasteiger partial charge is 0.328 e. The van der Waals surface area contributed by atoms with E-state index in [1.54, 1.807) is 0 Å². The lowest BCUT2D eigenvalue weighted by Gasteiger charge is -2.34. The Kier molecular flexibility index (Phi) is 4.63. The molecule has 0 radical (unpaired) electrons. The molecule has 1 aromatic carbocycles. The molecular formula is C18H29N3. The molecule has 2 saturated heterocycles. The number of benzene rings is 1. The van der Waals surface area contributed by atoms with Gasteiger partial charge < -0.3 is 5.73 Å². The van der Waals surface area contributed by atoms with Gasteiger partial charge in [0.2, 0.25) is 0 Å². The van der Waals surface area contributed by atoms with Crippen LogP contribution in [0.2, 0.25) is 0 Å². The van der Waals surface area contributed by atoms with Crippen LogP contribution in [-0.2, 0) is 6.54 Å². The molecule has 3 rings (SSSR count). The Morgan fingerprint density at radius 3 is 2.38 bits per heavy atom. The van der Waals surface area contributed by atoms with E-state index in [0.717, 1.165) is 12.6 Å². The lowest BCUT2D eigenvalue weighted by Crippen LogP contribution is -2.46. The Balaban J connectivity index is 1.57. The van der Waals surface area contributed by atoms with Crippen molar-refractivity contribution in [3.63, 3.8) is 0 Å². The van der Waals surface area contributed by atoms with Gasteiger partial charge >= 0.3 is 0 Å². The molecule has 0 aromatic heterocycles. The lowest BCUT2D eigenvalue weighted by molar-refractivity contribution is 0.151. The maximum Gasteiger partial charge on any atom is 0.0239 e. The molecule has 0 bridgehead atoms. The van der Waals surface area contributed by atoms with Crippen LogP contribution in [0.5, 0.6) is 0 Å². The summed E-state index contributed by atoms with van der Waals surface area (Å²) in [5.74, 6) is 0. The maximum atomic E-state index is 6.02. The van der Waals surface area contributed by atoms with Crippen molar-refractivity contribution >= 4 is 0 Å². The van der Waals surface area contributed by atoms with Crippen molar-refractivity contribution in [2.45, 2.75) is 51.7 Å². The number of nitrogens with zero attached hydrogens (tertiary/aromatic N) is 2. The molecule has 1 aromatic rings. The highest BCUT2D eigenvalue weighted by atomic mass is 15.3. The number of aryl methyl sites for hydroxylation is 2. The van der Waals surface area contributed by atoms with Crippen LogP contribution < -0.4 is 5.73 Å². The minimum Gasteiger partial charge on any atom is -0.328 e. The van der Waals surface area contributed by atoms with Gasteiger partial charge in [-0.25, -0.2) is 0 Å². The smallest absolute Gasteiger partial charge is 0.0239 e. The normalized spacial score (nSPS) is 25.6. The molecule has 21 heavy (non-hydrogen) atoms. The summed E-state index contributed by atoms with van der Waals surface area (Å²) in [6, 6.07) is 7.83. The molecule has 0 spiro atoms. The summed E-state index contributed by atoms with van der Waals surface area (Å²) >= 11 is 0. The average Bonchev–Trinajstić information content (AvgIpc) is 2.92. The molecule has 3 nitrogen and oxygen atoms in total. The predicted octanol–water partition coefficient (Wildman–Crippen LogP) is 2.30. The summed E-state index contributed by atoms with van der Waals surface area (Å²) < 4.78 is 0. The second-order valence-electron chi connectivity index (χ2n) is 6.92. The molecule has 2 N–H and O–H groups in total. The van der Waals surface area contributed by atoms with E-state index in [1.807, 2.05) is 0 Å². The van der Waals surface area contributed by atoms with Gasteiger partial charge in [0.1, 0.15) is 0 Å². The first-order valence-corrected chi connectivity index (χ1v) is 8.40. The fourth-order valence-electron chi connectivity index (χ4n) is 3.86. The van der Waals surface area contributed by atoms with Gasteiger partial charge in [-0.15, -0.1) is 0 Å². The van der Waals surface area contributed by atoms with Gasteiger partial charge in [-0.2, -0.15) is 0 Å². The zero-order chi connectivity index (χ0) is 14.8. The molecule has 1 unspecified atom stereocenters. The lowest BCUT2D eigenvalue weighted by atomic mass is 10.0. The molecule has 0 saturated carbocycles. The fourth-order valence-corrected chi connectivity index (χ4v) is 3.86. The van der Waals surface area contributed by atoms with Crippen molar-refractivity contribution in [1.82, 2.24) is 9.80 Å². The Morgan fingerprint density at radius 2 is 1.71 bits per heavy atom. The summed E-state index contributed by atoms with van der Waals surface area (Å²) in [5, 5.41) is 0. The van der Waals surface area contributed by atoms with E-state index >= 15 is 0 Å². The van der Waals surface area contributed by atoms with E-state index in [1.165, 1.54) is 62.1 Å². The van der Waals surface area contributed by atoms with Gasteiger partial charge in [0.15, 0.2) is 0 Å². The van der Waals surface area contributed by atoms with Crippen LogP contribution >= 0.6 is 0 Å². The minimum atomic E-state index is 0.438. The second kappa shape index (κ2) is 6.47. The van der Waals surface area contributed by atoms with Crippen LogP contribution in [0.3, 0.4) is 0 Å². The highest BCUT2D eigenvalue weighted by molar-refractivity contribution is 5.33. The Labute approximate surface area is 129 Å². The quantitative estimate of drug-likeness (QED) is 0.926. The van der Waals surface area contributed by atoms with Crippen molar-refractivity contribution in [2.75, 3.05) is 26.2 Å². The van der Waals surface area contributed by atoms with Crippen LogP contribution in [0.25, 0.3) is 0 Å². The SMILES string of the molecule is Cc1cccc(C)c1CN1CCC(N2CCC(N)CC2)C1. The number of rotatable bonds is 3. The highest BCUT2D eigenvalue weighted by Gasteiger charge is 2.29. The second-order valence-corrected chi connectivity index (χ2v) is 6.92. The first-order chi connectivity index (χ1) is 10.1. The number of nitrogens with two attached hydrogens (primary N) is 1. The van der Waals surface area contributed by atoms with E-state index in [4.69, 9.17) is 5.73 Å². The topological polar surface area (TPSA) is 32.5 Å². The Morgan fingerprint density at radius 1 is 1.05 bits per heavy atom. The zero-order valence-electron chi connectivity index (χ0n) is 13.5. The monoisotopic (exact) mass is 287 g/mol. The van der Waals surface area contributed by atoms with Crippen molar-refractivity contribution in [2.24, 2.45) is 5.73 Å². The van der Waals surface area contributed by atoms with E-state index in [9.17, 15) is 0 Å². The zero-order valence-corrected chi connectivity index (χ0v) is 13.5. The molecule has 2 heterocycles. The third-order valence-corrected chi connectivity index (χ3v) is 5.36. The van der Waals surface area contributed by atoms with Gasteiger partial charge in [0.05, 0.1) is 0 Å². The first kappa shape index (κ1) is 15.0. The summed E-state index contributed by atoms with van der Waals surface area (Å²) in [5.41, 5.74) is 10.4. The van der Waals surface area contributed by atoms with Crippen molar-refractivity contribution in [3.8, 4) is 0 Å².